The molecule has 2 aromatic heterocycles. The molecule has 0 atom stereocenters. The highest BCUT2D eigenvalue weighted by atomic mass is 19.1. The first kappa shape index (κ1) is 18.2. The zero-order valence-corrected chi connectivity index (χ0v) is 15.2. The molecule has 4 rings (SSSR count). The molecule has 1 aromatic carbocycles. The van der Waals surface area contributed by atoms with Gasteiger partial charge in [-0.1, -0.05) is 0 Å². The van der Waals surface area contributed by atoms with Gasteiger partial charge in [-0.15, -0.1) is 0 Å². The minimum absolute atomic E-state index is 0.0103. The molecular weight excluding hydrogens is 362 g/mol. The average Bonchev–Trinajstić information content (AvgIpc) is 3.25. The fourth-order valence-corrected chi connectivity index (χ4v) is 3.42. The molecule has 0 unspecified atom stereocenters. The summed E-state index contributed by atoms with van der Waals surface area (Å²) < 4.78 is 28.7. The molecule has 28 heavy (non-hydrogen) atoms. The van der Waals surface area contributed by atoms with Gasteiger partial charge in [-0.2, -0.15) is 0 Å². The van der Waals surface area contributed by atoms with Crippen molar-refractivity contribution in [2.45, 2.75) is 12.8 Å². The van der Waals surface area contributed by atoms with Crippen LogP contribution in [-0.4, -0.2) is 28.5 Å². The van der Waals surface area contributed by atoms with E-state index in [2.05, 4.69) is 15.2 Å². The second-order valence-corrected chi connectivity index (χ2v) is 6.84. The van der Waals surface area contributed by atoms with Gasteiger partial charge in [-0.3, -0.25) is 4.79 Å². The van der Waals surface area contributed by atoms with Gasteiger partial charge in [-0.05, 0) is 49.2 Å². The molecule has 0 radical (unpaired) electrons. The summed E-state index contributed by atoms with van der Waals surface area (Å²) in [5.41, 5.74) is 1.00. The first-order valence-corrected chi connectivity index (χ1v) is 9.20. The Kier molecular flexibility index (Phi) is 5.06. The summed E-state index contributed by atoms with van der Waals surface area (Å²) in [7, 11) is 0. The number of nitrogens with zero attached hydrogens (tertiary/aromatic N) is 3. The molecule has 1 saturated heterocycles. The van der Waals surface area contributed by atoms with E-state index in [9.17, 15) is 13.6 Å². The van der Waals surface area contributed by atoms with Gasteiger partial charge in [0, 0.05) is 37.5 Å². The van der Waals surface area contributed by atoms with Crippen LogP contribution in [0.5, 0.6) is 0 Å². The molecule has 3 aromatic rings. The molecule has 0 saturated carbocycles. The molecule has 1 N–H and O–H groups in total. The lowest BCUT2D eigenvalue weighted by Gasteiger charge is -2.32. The van der Waals surface area contributed by atoms with E-state index in [0.717, 1.165) is 23.6 Å². The number of anilines is 2. The minimum Gasteiger partial charge on any atom is -0.357 e. The van der Waals surface area contributed by atoms with Gasteiger partial charge in [0.15, 0.2) is 0 Å². The van der Waals surface area contributed by atoms with Crippen LogP contribution in [-0.2, 0) is 4.79 Å². The maximum absolute atomic E-state index is 13.7. The van der Waals surface area contributed by atoms with Crippen molar-refractivity contribution < 1.29 is 13.6 Å². The highest BCUT2D eigenvalue weighted by Gasteiger charge is 2.26. The Morgan fingerprint density at radius 2 is 1.82 bits per heavy atom. The van der Waals surface area contributed by atoms with Crippen LogP contribution in [0.3, 0.4) is 0 Å². The van der Waals surface area contributed by atoms with Crippen LogP contribution in [0.4, 0.5) is 20.3 Å². The normalized spacial score (nSPS) is 14.9. The van der Waals surface area contributed by atoms with E-state index >= 15 is 0 Å². The SMILES string of the molecule is O=C(Nc1ccc(F)cc1F)C1CCN(c2ccc(-n3cccc3)cn2)CC1. The second-order valence-electron chi connectivity index (χ2n) is 6.84. The Bertz CT molecular complexity index is 949. The van der Waals surface area contributed by atoms with Crippen molar-refractivity contribution in [1.29, 1.82) is 0 Å². The van der Waals surface area contributed by atoms with Crippen molar-refractivity contribution >= 4 is 17.4 Å². The quantitative estimate of drug-likeness (QED) is 0.742. The maximum Gasteiger partial charge on any atom is 0.227 e. The first-order valence-electron chi connectivity index (χ1n) is 9.20. The molecule has 1 aliphatic heterocycles. The van der Waals surface area contributed by atoms with E-state index in [-0.39, 0.29) is 17.5 Å². The molecule has 1 fully saturated rings. The first-order chi connectivity index (χ1) is 13.6. The number of nitrogens with one attached hydrogen (secondary N) is 1. The average molecular weight is 382 g/mol. The number of carbonyl (C=O) groups is 1. The Hall–Kier alpha value is -3.22. The molecule has 0 aliphatic carbocycles. The zero-order chi connectivity index (χ0) is 19.5. The van der Waals surface area contributed by atoms with Crippen LogP contribution in [0.2, 0.25) is 0 Å². The lowest BCUT2D eigenvalue weighted by molar-refractivity contribution is -0.120. The summed E-state index contributed by atoms with van der Waals surface area (Å²) >= 11 is 0. The number of carbonyl (C=O) groups excluding carboxylic acids is 1. The summed E-state index contributed by atoms with van der Waals surface area (Å²) in [5.74, 6) is -1.00. The van der Waals surface area contributed by atoms with Gasteiger partial charge in [0.1, 0.15) is 17.5 Å². The predicted molar refractivity (Wildman–Crippen MR) is 103 cm³/mol. The third kappa shape index (κ3) is 3.88. The highest BCUT2D eigenvalue weighted by molar-refractivity contribution is 5.92. The maximum atomic E-state index is 13.7. The number of hydrogen-bond donors (Lipinski definition) is 1. The number of halogens is 2. The summed E-state index contributed by atoms with van der Waals surface area (Å²) in [6, 6.07) is 11.0. The van der Waals surface area contributed by atoms with E-state index in [1.54, 1.807) is 0 Å². The third-order valence-corrected chi connectivity index (χ3v) is 5.01. The number of benzene rings is 1. The predicted octanol–water partition coefficient (Wildman–Crippen LogP) is 4.01. The highest BCUT2D eigenvalue weighted by Crippen LogP contribution is 2.24. The monoisotopic (exact) mass is 382 g/mol. The van der Waals surface area contributed by atoms with Gasteiger partial charge in [0.2, 0.25) is 5.91 Å². The number of piperidine rings is 1. The summed E-state index contributed by atoms with van der Waals surface area (Å²) in [4.78, 5) is 19.1. The van der Waals surface area contributed by atoms with Crippen LogP contribution in [0.25, 0.3) is 5.69 Å². The van der Waals surface area contributed by atoms with Crippen LogP contribution < -0.4 is 10.2 Å². The van der Waals surface area contributed by atoms with Crippen molar-refractivity contribution in [1.82, 2.24) is 9.55 Å². The Morgan fingerprint density at radius 3 is 2.46 bits per heavy atom. The molecule has 144 valence electrons. The molecule has 5 nitrogen and oxygen atoms in total. The minimum atomic E-state index is -0.766. The topological polar surface area (TPSA) is 50.2 Å². The number of pyridine rings is 1. The van der Waals surface area contributed by atoms with Crippen molar-refractivity contribution in [3.05, 3.63) is 72.7 Å². The fraction of sp³-hybridized carbons (Fsp3) is 0.238. The van der Waals surface area contributed by atoms with E-state index in [0.29, 0.717) is 25.9 Å². The van der Waals surface area contributed by atoms with Crippen molar-refractivity contribution in [2.24, 2.45) is 5.92 Å². The second kappa shape index (κ2) is 7.80. The third-order valence-electron chi connectivity index (χ3n) is 5.01. The molecule has 0 bridgehead atoms. The van der Waals surface area contributed by atoms with Gasteiger partial charge >= 0.3 is 0 Å². The number of rotatable bonds is 4. The van der Waals surface area contributed by atoms with Crippen LogP contribution in [0, 0.1) is 17.6 Å². The van der Waals surface area contributed by atoms with Crippen molar-refractivity contribution in [2.75, 3.05) is 23.3 Å². The van der Waals surface area contributed by atoms with Crippen LogP contribution in [0.1, 0.15) is 12.8 Å². The fourth-order valence-electron chi connectivity index (χ4n) is 3.42. The zero-order valence-electron chi connectivity index (χ0n) is 15.2. The lowest BCUT2D eigenvalue weighted by Crippen LogP contribution is -2.38. The van der Waals surface area contributed by atoms with E-state index in [1.165, 1.54) is 6.07 Å². The Balaban J connectivity index is 1.34. The van der Waals surface area contributed by atoms with E-state index in [4.69, 9.17) is 0 Å². The molecule has 1 aliphatic rings. The van der Waals surface area contributed by atoms with Crippen molar-refractivity contribution in [3.8, 4) is 5.69 Å². The Morgan fingerprint density at radius 1 is 1.07 bits per heavy atom. The number of aromatic nitrogens is 2. The molecule has 7 heteroatoms. The molecular formula is C21H20F2N4O. The van der Waals surface area contributed by atoms with Crippen LogP contribution >= 0.6 is 0 Å². The van der Waals surface area contributed by atoms with Gasteiger partial charge < -0.3 is 14.8 Å². The molecule has 3 heterocycles. The summed E-state index contributed by atoms with van der Waals surface area (Å²) in [6.45, 7) is 1.39. The van der Waals surface area contributed by atoms with Gasteiger partial charge in [-0.25, -0.2) is 13.8 Å². The summed E-state index contributed by atoms with van der Waals surface area (Å²) in [5, 5.41) is 2.57. The van der Waals surface area contributed by atoms with E-state index in [1.807, 2.05) is 47.4 Å². The molecule has 1 amide bonds. The standard InChI is InChI=1S/C21H20F2N4O/c22-16-3-5-19(18(23)13-16)25-21(28)15-7-11-27(12-8-15)20-6-4-17(14-24-20)26-9-1-2-10-26/h1-6,9-10,13-15H,7-8,11-12H2,(H,25,28). The van der Waals surface area contributed by atoms with Crippen molar-refractivity contribution in [3.63, 3.8) is 0 Å². The van der Waals surface area contributed by atoms with Crippen LogP contribution in [0.15, 0.2) is 61.1 Å². The number of hydrogen-bond acceptors (Lipinski definition) is 3. The van der Waals surface area contributed by atoms with Gasteiger partial charge in [0.05, 0.1) is 17.6 Å². The largest absolute Gasteiger partial charge is 0.357 e. The smallest absolute Gasteiger partial charge is 0.227 e. The lowest BCUT2D eigenvalue weighted by atomic mass is 9.95. The van der Waals surface area contributed by atoms with Gasteiger partial charge in [0.25, 0.3) is 0 Å². The summed E-state index contributed by atoms with van der Waals surface area (Å²) in [6.07, 6.45) is 7.05. The Labute approximate surface area is 161 Å². The van der Waals surface area contributed by atoms with E-state index < -0.39 is 11.6 Å². The number of amides is 1. The molecule has 0 spiro atoms.